The summed E-state index contributed by atoms with van der Waals surface area (Å²) >= 11 is 0. The first kappa shape index (κ1) is 22.7. The first-order valence-corrected chi connectivity index (χ1v) is 10.7. The second kappa shape index (κ2) is 21.7. The van der Waals surface area contributed by atoms with Gasteiger partial charge in [0.1, 0.15) is 0 Å². The van der Waals surface area contributed by atoms with Crippen molar-refractivity contribution in [2.24, 2.45) is 0 Å². The zero-order valence-corrected chi connectivity index (χ0v) is 16.0. The molecule has 0 saturated heterocycles. The van der Waals surface area contributed by atoms with Crippen molar-refractivity contribution >= 4 is 0 Å². The number of allylic oxidation sites excluding steroid dienone is 2. The number of aliphatic hydroxyl groups excluding tert-OH is 1. The molecule has 0 heterocycles. The molecule has 0 rings (SSSR count). The van der Waals surface area contributed by atoms with Crippen molar-refractivity contribution in [2.75, 3.05) is 6.61 Å². The minimum atomic E-state index is 0.350. The molecule has 1 heteroatoms. The summed E-state index contributed by atoms with van der Waals surface area (Å²) in [6.45, 7) is 2.64. The smallest absolute Gasteiger partial charge is 0.0431 e. The highest BCUT2D eigenvalue weighted by Gasteiger charge is 1.93. The first-order valence-electron chi connectivity index (χ1n) is 10.7. The van der Waals surface area contributed by atoms with E-state index in [0.29, 0.717) is 6.61 Å². The molecule has 23 heavy (non-hydrogen) atoms. The Labute approximate surface area is 147 Å². The molecule has 0 fully saturated rings. The van der Waals surface area contributed by atoms with E-state index in [-0.39, 0.29) is 0 Å². The SMILES string of the molecule is CCCCCCCCCCCCCCC/C=C/CCCCCO. The van der Waals surface area contributed by atoms with Gasteiger partial charge in [0.25, 0.3) is 0 Å². The number of hydrogen-bond acceptors (Lipinski definition) is 1. The molecule has 0 amide bonds. The van der Waals surface area contributed by atoms with Crippen LogP contribution in [0.5, 0.6) is 0 Å². The van der Waals surface area contributed by atoms with E-state index in [9.17, 15) is 0 Å². The third-order valence-corrected chi connectivity index (χ3v) is 4.67. The van der Waals surface area contributed by atoms with E-state index in [1.54, 1.807) is 0 Å². The van der Waals surface area contributed by atoms with Crippen LogP contribution in [0.15, 0.2) is 12.2 Å². The minimum absolute atomic E-state index is 0.350. The Kier molecular flexibility index (Phi) is 21.4. The van der Waals surface area contributed by atoms with Gasteiger partial charge in [-0.1, -0.05) is 103 Å². The minimum Gasteiger partial charge on any atom is -0.396 e. The lowest BCUT2D eigenvalue weighted by Crippen LogP contribution is -1.83. The van der Waals surface area contributed by atoms with Gasteiger partial charge in [-0.05, 0) is 32.1 Å². The average Bonchev–Trinajstić information content (AvgIpc) is 2.57. The molecule has 0 aliphatic carbocycles. The third-order valence-electron chi connectivity index (χ3n) is 4.67. The van der Waals surface area contributed by atoms with Gasteiger partial charge in [0.15, 0.2) is 0 Å². The molecule has 1 N–H and O–H groups in total. The van der Waals surface area contributed by atoms with E-state index >= 15 is 0 Å². The quantitative estimate of drug-likeness (QED) is 0.192. The highest BCUT2D eigenvalue weighted by Crippen LogP contribution is 2.13. The van der Waals surface area contributed by atoms with Crippen molar-refractivity contribution in [3.05, 3.63) is 12.2 Å². The molecule has 0 aliphatic heterocycles. The van der Waals surface area contributed by atoms with Crippen LogP contribution in [-0.4, -0.2) is 11.7 Å². The lowest BCUT2D eigenvalue weighted by molar-refractivity contribution is 0.283. The maximum atomic E-state index is 8.69. The second-order valence-electron chi connectivity index (χ2n) is 7.08. The summed E-state index contributed by atoms with van der Waals surface area (Å²) in [6.07, 6.45) is 29.2. The first-order chi connectivity index (χ1) is 11.4. The molecule has 0 bridgehead atoms. The molecule has 0 unspecified atom stereocenters. The molecule has 0 radical (unpaired) electrons. The van der Waals surface area contributed by atoms with Gasteiger partial charge >= 0.3 is 0 Å². The van der Waals surface area contributed by atoms with Crippen molar-refractivity contribution in [2.45, 2.75) is 122 Å². The summed E-state index contributed by atoms with van der Waals surface area (Å²) < 4.78 is 0. The fourth-order valence-corrected chi connectivity index (χ4v) is 3.07. The van der Waals surface area contributed by atoms with Gasteiger partial charge in [-0.15, -0.1) is 0 Å². The topological polar surface area (TPSA) is 20.2 Å². The predicted molar refractivity (Wildman–Crippen MR) is 105 cm³/mol. The molecule has 0 aromatic heterocycles. The van der Waals surface area contributed by atoms with Crippen molar-refractivity contribution in [3.63, 3.8) is 0 Å². The predicted octanol–water partition coefficient (Wildman–Crippen LogP) is 7.58. The van der Waals surface area contributed by atoms with Crippen LogP contribution in [0.4, 0.5) is 0 Å². The van der Waals surface area contributed by atoms with E-state index in [4.69, 9.17) is 5.11 Å². The Morgan fingerprint density at radius 2 is 0.826 bits per heavy atom. The monoisotopic (exact) mass is 324 g/mol. The van der Waals surface area contributed by atoms with Crippen LogP contribution >= 0.6 is 0 Å². The molecule has 0 saturated carbocycles. The Morgan fingerprint density at radius 3 is 1.22 bits per heavy atom. The van der Waals surface area contributed by atoms with Crippen molar-refractivity contribution in [1.29, 1.82) is 0 Å². The molecule has 0 aliphatic rings. The van der Waals surface area contributed by atoms with Gasteiger partial charge in [-0.3, -0.25) is 0 Å². The molecule has 1 nitrogen and oxygen atoms in total. The van der Waals surface area contributed by atoms with Crippen LogP contribution in [0.25, 0.3) is 0 Å². The summed E-state index contributed by atoms with van der Waals surface area (Å²) in [4.78, 5) is 0. The fraction of sp³-hybridized carbons (Fsp3) is 0.909. The third kappa shape index (κ3) is 21.7. The average molecular weight is 325 g/mol. The lowest BCUT2D eigenvalue weighted by Gasteiger charge is -2.02. The van der Waals surface area contributed by atoms with Gasteiger partial charge in [0.05, 0.1) is 0 Å². The number of aliphatic hydroxyl groups is 1. The Balaban J connectivity index is 3.01. The Bertz CT molecular complexity index is 222. The van der Waals surface area contributed by atoms with Gasteiger partial charge in [-0.2, -0.15) is 0 Å². The number of hydrogen-bond donors (Lipinski definition) is 1. The van der Waals surface area contributed by atoms with Crippen molar-refractivity contribution in [1.82, 2.24) is 0 Å². The van der Waals surface area contributed by atoms with E-state index in [1.807, 2.05) is 0 Å². The standard InChI is InChI=1S/C22H44O/c1-2-3-4-5-6-7-8-9-10-11-12-13-14-15-16-17-18-19-20-21-22-23/h16-17,23H,2-15,18-22H2,1H3/b17-16+. The van der Waals surface area contributed by atoms with E-state index in [1.165, 1.54) is 109 Å². The van der Waals surface area contributed by atoms with Crippen LogP contribution in [0.2, 0.25) is 0 Å². The summed E-state index contributed by atoms with van der Waals surface area (Å²) in [6, 6.07) is 0. The summed E-state index contributed by atoms with van der Waals surface area (Å²) in [5.74, 6) is 0. The largest absolute Gasteiger partial charge is 0.396 e. The van der Waals surface area contributed by atoms with Crippen LogP contribution in [0.1, 0.15) is 122 Å². The van der Waals surface area contributed by atoms with E-state index in [0.717, 1.165) is 6.42 Å². The molecular weight excluding hydrogens is 280 g/mol. The molecule has 0 aromatic carbocycles. The fourth-order valence-electron chi connectivity index (χ4n) is 3.07. The van der Waals surface area contributed by atoms with Crippen LogP contribution in [0, 0.1) is 0 Å². The number of unbranched alkanes of at least 4 members (excludes halogenated alkanes) is 16. The Morgan fingerprint density at radius 1 is 0.478 bits per heavy atom. The van der Waals surface area contributed by atoms with Crippen LogP contribution < -0.4 is 0 Å². The van der Waals surface area contributed by atoms with Gasteiger partial charge in [-0.25, -0.2) is 0 Å². The van der Waals surface area contributed by atoms with E-state index < -0.39 is 0 Å². The van der Waals surface area contributed by atoms with Crippen LogP contribution in [-0.2, 0) is 0 Å². The molecule has 0 atom stereocenters. The molecule has 0 spiro atoms. The van der Waals surface area contributed by atoms with Crippen LogP contribution in [0.3, 0.4) is 0 Å². The molecule has 0 aromatic rings. The number of rotatable bonds is 19. The summed E-state index contributed by atoms with van der Waals surface area (Å²) in [5, 5.41) is 8.69. The van der Waals surface area contributed by atoms with Gasteiger partial charge in [0.2, 0.25) is 0 Å². The molecule has 138 valence electrons. The van der Waals surface area contributed by atoms with Gasteiger partial charge < -0.3 is 5.11 Å². The maximum Gasteiger partial charge on any atom is 0.0431 e. The lowest BCUT2D eigenvalue weighted by atomic mass is 10.0. The van der Waals surface area contributed by atoms with Crippen molar-refractivity contribution in [3.8, 4) is 0 Å². The zero-order chi connectivity index (χ0) is 16.8. The summed E-state index contributed by atoms with van der Waals surface area (Å²) in [5.41, 5.74) is 0. The highest BCUT2D eigenvalue weighted by atomic mass is 16.2. The summed E-state index contributed by atoms with van der Waals surface area (Å²) in [7, 11) is 0. The van der Waals surface area contributed by atoms with Crippen molar-refractivity contribution < 1.29 is 5.11 Å². The van der Waals surface area contributed by atoms with E-state index in [2.05, 4.69) is 19.1 Å². The second-order valence-corrected chi connectivity index (χ2v) is 7.08. The normalized spacial score (nSPS) is 11.6. The highest BCUT2D eigenvalue weighted by molar-refractivity contribution is 4.81. The van der Waals surface area contributed by atoms with Gasteiger partial charge in [0, 0.05) is 6.61 Å². The zero-order valence-electron chi connectivity index (χ0n) is 16.0. The Hall–Kier alpha value is -0.300. The maximum absolute atomic E-state index is 8.69. The molecular formula is C22H44O.